The van der Waals surface area contributed by atoms with Gasteiger partial charge in [-0.3, -0.25) is 5.41 Å². The van der Waals surface area contributed by atoms with Gasteiger partial charge in [0, 0.05) is 18.8 Å². The fourth-order valence-electron chi connectivity index (χ4n) is 2.24. The van der Waals surface area contributed by atoms with E-state index < -0.39 is 0 Å². The van der Waals surface area contributed by atoms with Crippen LogP contribution in [0.2, 0.25) is 0 Å². The molecule has 1 rings (SSSR count). The van der Waals surface area contributed by atoms with Gasteiger partial charge in [-0.2, -0.15) is 0 Å². The van der Waals surface area contributed by atoms with Crippen LogP contribution in [0.3, 0.4) is 0 Å². The van der Waals surface area contributed by atoms with Gasteiger partial charge in [0.2, 0.25) is 0 Å². The molecule has 0 fully saturated rings. The lowest BCUT2D eigenvalue weighted by Crippen LogP contribution is -2.30. The third kappa shape index (κ3) is 3.22. The van der Waals surface area contributed by atoms with Crippen LogP contribution in [-0.2, 0) is 0 Å². The van der Waals surface area contributed by atoms with Crippen molar-refractivity contribution in [1.82, 2.24) is 4.98 Å². The van der Waals surface area contributed by atoms with Crippen molar-refractivity contribution < 1.29 is 0 Å². The van der Waals surface area contributed by atoms with Crippen molar-refractivity contribution in [2.75, 3.05) is 18.0 Å². The first-order chi connectivity index (χ1) is 8.51. The minimum Gasteiger partial charge on any atom is -0.384 e. The first kappa shape index (κ1) is 14.5. The van der Waals surface area contributed by atoms with Crippen molar-refractivity contribution in [3.63, 3.8) is 0 Å². The smallest absolute Gasteiger partial charge is 0.140 e. The largest absolute Gasteiger partial charge is 0.384 e. The number of hydrogen-bond donors (Lipinski definition) is 2. The Morgan fingerprint density at radius 1 is 1.28 bits per heavy atom. The van der Waals surface area contributed by atoms with Crippen LogP contribution in [0.25, 0.3) is 0 Å². The Kier molecular flexibility index (Phi) is 5.13. The van der Waals surface area contributed by atoms with Crippen molar-refractivity contribution in [3.05, 3.63) is 22.9 Å². The van der Waals surface area contributed by atoms with Crippen LogP contribution in [0.15, 0.2) is 6.07 Å². The molecule has 0 bridgehead atoms. The van der Waals surface area contributed by atoms with Gasteiger partial charge in [0.05, 0.1) is 5.56 Å². The molecule has 0 saturated heterocycles. The molecule has 0 aromatic carbocycles. The predicted octanol–water partition coefficient (Wildman–Crippen LogP) is 2.61. The molecule has 0 radical (unpaired) electrons. The van der Waals surface area contributed by atoms with Gasteiger partial charge in [-0.25, -0.2) is 4.98 Å². The summed E-state index contributed by atoms with van der Waals surface area (Å²) in [5, 5.41) is 7.76. The molecule has 1 aromatic heterocycles. The number of rotatable bonds is 6. The summed E-state index contributed by atoms with van der Waals surface area (Å²) in [6, 6.07) is 1.98. The molecule has 18 heavy (non-hydrogen) atoms. The molecule has 3 N–H and O–H groups in total. The number of anilines is 1. The van der Waals surface area contributed by atoms with Gasteiger partial charge in [-0.15, -0.1) is 0 Å². The predicted molar refractivity (Wildman–Crippen MR) is 77.5 cm³/mol. The van der Waals surface area contributed by atoms with E-state index in [-0.39, 0.29) is 5.84 Å². The zero-order valence-corrected chi connectivity index (χ0v) is 11.9. The van der Waals surface area contributed by atoms with E-state index in [0.29, 0.717) is 0 Å². The normalized spacial score (nSPS) is 10.4. The topological polar surface area (TPSA) is 66.0 Å². The maximum Gasteiger partial charge on any atom is 0.140 e. The van der Waals surface area contributed by atoms with E-state index in [1.165, 1.54) is 0 Å². The zero-order chi connectivity index (χ0) is 13.7. The lowest BCUT2D eigenvalue weighted by atomic mass is 10.1. The zero-order valence-electron chi connectivity index (χ0n) is 11.9. The SMILES string of the molecule is CCCN(CCC)c1nc(C)cc(C)c1C(=N)N. The fourth-order valence-corrected chi connectivity index (χ4v) is 2.24. The number of nitrogen functional groups attached to an aromatic ring is 1. The molecule has 0 aliphatic rings. The third-order valence-corrected chi connectivity index (χ3v) is 2.88. The Balaban J connectivity index is 3.29. The molecule has 0 aliphatic carbocycles. The van der Waals surface area contributed by atoms with Crippen molar-refractivity contribution >= 4 is 11.7 Å². The number of hydrogen-bond acceptors (Lipinski definition) is 3. The van der Waals surface area contributed by atoms with Crippen molar-refractivity contribution in [1.29, 1.82) is 5.41 Å². The number of pyridine rings is 1. The van der Waals surface area contributed by atoms with Crippen molar-refractivity contribution in [2.45, 2.75) is 40.5 Å². The van der Waals surface area contributed by atoms with Gasteiger partial charge in [-0.05, 0) is 38.3 Å². The summed E-state index contributed by atoms with van der Waals surface area (Å²) in [4.78, 5) is 6.83. The van der Waals surface area contributed by atoms with Gasteiger partial charge in [0.15, 0.2) is 0 Å². The molecule has 0 atom stereocenters. The van der Waals surface area contributed by atoms with Crippen LogP contribution >= 0.6 is 0 Å². The second kappa shape index (κ2) is 6.38. The van der Waals surface area contributed by atoms with E-state index in [2.05, 4.69) is 23.7 Å². The van der Waals surface area contributed by atoms with Gasteiger partial charge >= 0.3 is 0 Å². The lowest BCUT2D eigenvalue weighted by Gasteiger charge is -2.26. The minimum atomic E-state index is 0.104. The molecule has 4 nitrogen and oxygen atoms in total. The molecule has 0 unspecified atom stereocenters. The summed E-state index contributed by atoms with van der Waals surface area (Å²) in [5.74, 6) is 0.968. The molecule has 0 aliphatic heterocycles. The summed E-state index contributed by atoms with van der Waals surface area (Å²) in [7, 11) is 0. The molecule has 0 saturated carbocycles. The van der Waals surface area contributed by atoms with E-state index in [0.717, 1.165) is 48.6 Å². The van der Waals surface area contributed by atoms with Crippen LogP contribution in [-0.4, -0.2) is 23.9 Å². The second-order valence-electron chi connectivity index (χ2n) is 4.68. The van der Waals surface area contributed by atoms with Crippen LogP contribution in [0.1, 0.15) is 43.5 Å². The van der Waals surface area contributed by atoms with Gasteiger partial charge in [0.1, 0.15) is 11.7 Å². The van der Waals surface area contributed by atoms with E-state index >= 15 is 0 Å². The highest BCUT2D eigenvalue weighted by atomic mass is 15.2. The Hall–Kier alpha value is -1.58. The molecule has 4 heteroatoms. The monoisotopic (exact) mass is 248 g/mol. The van der Waals surface area contributed by atoms with Gasteiger partial charge in [-0.1, -0.05) is 13.8 Å². The molecule has 100 valence electrons. The average molecular weight is 248 g/mol. The number of nitrogens with zero attached hydrogens (tertiary/aromatic N) is 2. The van der Waals surface area contributed by atoms with Crippen LogP contribution in [0, 0.1) is 19.3 Å². The standard InChI is InChI=1S/C14H24N4/c1-5-7-18(8-6-2)14-12(13(15)16)10(3)9-11(4)17-14/h9H,5-8H2,1-4H3,(H3,15,16). The number of amidine groups is 1. The number of nitrogens with one attached hydrogen (secondary N) is 1. The minimum absolute atomic E-state index is 0.104. The Morgan fingerprint density at radius 3 is 2.28 bits per heavy atom. The summed E-state index contributed by atoms with van der Waals surface area (Å²) in [6.45, 7) is 10.2. The van der Waals surface area contributed by atoms with Crippen LogP contribution in [0.5, 0.6) is 0 Å². The highest BCUT2D eigenvalue weighted by molar-refractivity contribution is 6.01. The molecular formula is C14H24N4. The van der Waals surface area contributed by atoms with Crippen LogP contribution in [0.4, 0.5) is 5.82 Å². The lowest BCUT2D eigenvalue weighted by molar-refractivity contribution is 0.731. The Labute approximate surface area is 110 Å². The second-order valence-corrected chi connectivity index (χ2v) is 4.68. The first-order valence-corrected chi connectivity index (χ1v) is 6.58. The van der Waals surface area contributed by atoms with Gasteiger partial charge < -0.3 is 10.6 Å². The fraction of sp³-hybridized carbons (Fsp3) is 0.571. The maximum absolute atomic E-state index is 7.76. The third-order valence-electron chi connectivity index (χ3n) is 2.88. The van der Waals surface area contributed by atoms with E-state index in [4.69, 9.17) is 11.1 Å². The summed E-state index contributed by atoms with van der Waals surface area (Å²) in [5.41, 5.74) is 8.50. The quantitative estimate of drug-likeness (QED) is 0.600. The van der Waals surface area contributed by atoms with E-state index in [1.807, 2.05) is 19.9 Å². The summed E-state index contributed by atoms with van der Waals surface area (Å²) >= 11 is 0. The molecule has 1 aromatic rings. The first-order valence-electron chi connectivity index (χ1n) is 6.58. The molecule has 0 spiro atoms. The number of aromatic nitrogens is 1. The van der Waals surface area contributed by atoms with E-state index in [1.54, 1.807) is 0 Å². The molecule has 1 heterocycles. The molecular weight excluding hydrogens is 224 g/mol. The number of aryl methyl sites for hydroxylation is 2. The summed E-state index contributed by atoms with van der Waals surface area (Å²) < 4.78 is 0. The Morgan fingerprint density at radius 2 is 1.83 bits per heavy atom. The maximum atomic E-state index is 7.76. The summed E-state index contributed by atoms with van der Waals surface area (Å²) in [6.07, 6.45) is 2.12. The van der Waals surface area contributed by atoms with Crippen molar-refractivity contribution in [2.24, 2.45) is 5.73 Å². The molecule has 0 amide bonds. The van der Waals surface area contributed by atoms with Crippen LogP contribution < -0.4 is 10.6 Å². The van der Waals surface area contributed by atoms with E-state index in [9.17, 15) is 0 Å². The van der Waals surface area contributed by atoms with Gasteiger partial charge in [0.25, 0.3) is 0 Å². The highest BCUT2D eigenvalue weighted by Crippen LogP contribution is 2.22. The number of nitrogens with two attached hydrogens (primary N) is 1. The van der Waals surface area contributed by atoms with Crippen molar-refractivity contribution in [3.8, 4) is 0 Å². The highest BCUT2D eigenvalue weighted by Gasteiger charge is 2.16. The Bertz CT molecular complexity index is 420. The average Bonchev–Trinajstić information content (AvgIpc) is 2.26.